The van der Waals surface area contributed by atoms with Gasteiger partial charge in [-0.25, -0.2) is 0 Å². The van der Waals surface area contributed by atoms with Crippen LogP contribution < -0.4 is 20.5 Å². The molecule has 2 aromatic rings. The van der Waals surface area contributed by atoms with E-state index in [2.05, 4.69) is 10.3 Å². The Bertz CT molecular complexity index is 704. The van der Waals surface area contributed by atoms with E-state index < -0.39 is 6.10 Å². The van der Waals surface area contributed by atoms with E-state index in [9.17, 15) is 5.11 Å². The molecule has 1 aliphatic heterocycles. The van der Waals surface area contributed by atoms with Crippen molar-refractivity contribution in [2.45, 2.75) is 12.5 Å². The number of benzene rings is 2. The number of nitrogens with zero attached hydrogens (tertiary/aromatic N) is 1. The lowest BCUT2D eigenvalue weighted by molar-refractivity contribution is 0.187. The van der Waals surface area contributed by atoms with Crippen LogP contribution in [0.3, 0.4) is 0 Å². The van der Waals surface area contributed by atoms with E-state index >= 15 is 0 Å². The second kappa shape index (κ2) is 7.70. The molecule has 1 aliphatic rings. The molecule has 0 aliphatic carbocycles. The van der Waals surface area contributed by atoms with Crippen LogP contribution >= 0.6 is 0 Å². The maximum absolute atomic E-state index is 10.1. The zero-order chi connectivity index (χ0) is 16.8. The van der Waals surface area contributed by atoms with Crippen LogP contribution in [0.2, 0.25) is 0 Å². The summed E-state index contributed by atoms with van der Waals surface area (Å²) in [5, 5.41) is 13.1. The zero-order valence-electron chi connectivity index (χ0n) is 13.3. The number of aliphatic imine (C=N–C) groups is 1. The van der Waals surface area contributed by atoms with E-state index in [-0.39, 0.29) is 12.5 Å². The lowest BCUT2D eigenvalue weighted by atomic mass is 10.1. The van der Waals surface area contributed by atoms with E-state index in [4.69, 9.17) is 15.2 Å². The molecule has 0 aromatic heterocycles. The third kappa shape index (κ3) is 4.17. The van der Waals surface area contributed by atoms with E-state index in [1.807, 2.05) is 48.5 Å². The summed E-state index contributed by atoms with van der Waals surface area (Å²) < 4.78 is 11.2. The van der Waals surface area contributed by atoms with Crippen molar-refractivity contribution in [2.24, 2.45) is 10.7 Å². The number of fused-ring (bicyclic) bond motifs is 1. The first-order chi connectivity index (χ1) is 11.7. The Balaban J connectivity index is 1.62. The lowest BCUT2D eigenvalue weighted by Crippen LogP contribution is -2.23. The Morgan fingerprint density at radius 1 is 1.12 bits per heavy atom. The number of anilines is 1. The summed E-state index contributed by atoms with van der Waals surface area (Å²) in [4.78, 5) is 4.19. The molecule has 1 heterocycles. The SMILES string of the molecule is NC(=NCC(O)c1ccccc1)Nc1ccc2c(c1)OCCCO2. The Morgan fingerprint density at radius 2 is 1.88 bits per heavy atom. The van der Waals surface area contributed by atoms with Gasteiger partial charge in [0, 0.05) is 18.2 Å². The molecule has 0 radical (unpaired) electrons. The average molecular weight is 327 g/mol. The molecule has 6 nitrogen and oxygen atoms in total. The van der Waals surface area contributed by atoms with Crippen molar-refractivity contribution in [2.75, 3.05) is 25.1 Å². The molecular weight excluding hydrogens is 306 g/mol. The molecule has 1 atom stereocenters. The molecule has 3 rings (SSSR count). The van der Waals surface area contributed by atoms with Crippen molar-refractivity contribution in [3.8, 4) is 11.5 Å². The molecule has 0 spiro atoms. The summed E-state index contributed by atoms with van der Waals surface area (Å²) in [6, 6.07) is 14.9. The fraction of sp³-hybridized carbons (Fsp3) is 0.278. The van der Waals surface area contributed by atoms with E-state index in [1.165, 1.54) is 0 Å². The Labute approximate surface area is 140 Å². The Hall–Kier alpha value is -2.73. The lowest BCUT2D eigenvalue weighted by Gasteiger charge is -2.12. The van der Waals surface area contributed by atoms with E-state index in [0.29, 0.717) is 19.0 Å². The number of nitrogens with two attached hydrogens (primary N) is 1. The van der Waals surface area contributed by atoms with Crippen molar-refractivity contribution in [1.29, 1.82) is 0 Å². The van der Waals surface area contributed by atoms with Crippen LogP contribution in [0.5, 0.6) is 11.5 Å². The van der Waals surface area contributed by atoms with Crippen molar-refractivity contribution < 1.29 is 14.6 Å². The number of nitrogens with one attached hydrogen (secondary N) is 1. The van der Waals surface area contributed by atoms with Gasteiger partial charge in [0.25, 0.3) is 0 Å². The third-order valence-electron chi connectivity index (χ3n) is 3.64. The van der Waals surface area contributed by atoms with Crippen LogP contribution in [-0.4, -0.2) is 30.8 Å². The van der Waals surface area contributed by atoms with E-state index in [0.717, 1.165) is 23.4 Å². The first kappa shape index (κ1) is 16.1. The van der Waals surface area contributed by atoms with Gasteiger partial charge in [-0.3, -0.25) is 4.99 Å². The number of aliphatic hydroxyl groups excluding tert-OH is 1. The topological polar surface area (TPSA) is 89.1 Å². The first-order valence-electron chi connectivity index (χ1n) is 7.92. The minimum Gasteiger partial charge on any atom is -0.490 e. The Morgan fingerprint density at radius 3 is 2.67 bits per heavy atom. The molecule has 0 fully saturated rings. The highest BCUT2D eigenvalue weighted by Gasteiger charge is 2.11. The molecule has 1 unspecified atom stereocenters. The number of hydrogen-bond donors (Lipinski definition) is 3. The van der Waals surface area contributed by atoms with Gasteiger partial charge in [0.15, 0.2) is 17.5 Å². The molecule has 0 amide bonds. The minimum absolute atomic E-state index is 0.188. The predicted molar refractivity (Wildman–Crippen MR) is 93.6 cm³/mol. The maximum Gasteiger partial charge on any atom is 0.193 e. The molecule has 0 bridgehead atoms. The standard InChI is InChI=1S/C18H21N3O3/c19-18(20-12-15(22)13-5-2-1-3-6-13)21-14-7-8-16-17(11-14)24-10-4-9-23-16/h1-3,5-8,11,15,22H,4,9-10,12H2,(H3,19,20,21). The molecule has 126 valence electrons. The molecule has 24 heavy (non-hydrogen) atoms. The van der Waals surface area contributed by atoms with Gasteiger partial charge in [-0.1, -0.05) is 30.3 Å². The van der Waals surface area contributed by atoms with Crippen LogP contribution in [0.1, 0.15) is 18.1 Å². The van der Waals surface area contributed by atoms with Gasteiger partial charge >= 0.3 is 0 Å². The van der Waals surface area contributed by atoms with Crippen molar-refractivity contribution in [3.63, 3.8) is 0 Å². The van der Waals surface area contributed by atoms with Gasteiger partial charge in [-0.05, 0) is 17.7 Å². The summed E-state index contributed by atoms with van der Waals surface area (Å²) in [5.41, 5.74) is 7.46. The quantitative estimate of drug-likeness (QED) is 0.592. The van der Waals surface area contributed by atoms with Crippen molar-refractivity contribution in [3.05, 3.63) is 54.1 Å². The normalized spacial score (nSPS) is 15.5. The van der Waals surface area contributed by atoms with Crippen LogP contribution in [0, 0.1) is 0 Å². The second-order valence-electron chi connectivity index (χ2n) is 5.49. The van der Waals surface area contributed by atoms with Gasteiger partial charge in [0.05, 0.1) is 25.9 Å². The van der Waals surface area contributed by atoms with Crippen molar-refractivity contribution >= 4 is 11.6 Å². The fourth-order valence-corrected chi connectivity index (χ4v) is 2.39. The van der Waals surface area contributed by atoms with Gasteiger partial charge in [0.1, 0.15) is 0 Å². The summed E-state index contributed by atoms with van der Waals surface area (Å²) in [5.74, 6) is 1.65. The monoisotopic (exact) mass is 327 g/mol. The average Bonchev–Trinajstić information content (AvgIpc) is 2.85. The Kier molecular flexibility index (Phi) is 5.18. The maximum atomic E-state index is 10.1. The smallest absolute Gasteiger partial charge is 0.193 e. The minimum atomic E-state index is -0.685. The van der Waals surface area contributed by atoms with Crippen molar-refractivity contribution in [1.82, 2.24) is 0 Å². The van der Waals surface area contributed by atoms with E-state index in [1.54, 1.807) is 0 Å². The summed E-state index contributed by atoms with van der Waals surface area (Å²) in [7, 11) is 0. The van der Waals surface area contributed by atoms with Crippen LogP contribution in [-0.2, 0) is 0 Å². The molecule has 4 N–H and O–H groups in total. The zero-order valence-corrected chi connectivity index (χ0v) is 13.3. The predicted octanol–water partition coefficient (Wildman–Crippen LogP) is 2.31. The number of aliphatic hydroxyl groups is 1. The summed E-state index contributed by atoms with van der Waals surface area (Å²) in [6.07, 6.45) is 0.175. The molecule has 0 saturated carbocycles. The first-order valence-corrected chi connectivity index (χ1v) is 7.92. The van der Waals surface area contributed by atoms with Gasteiger partial charge in [-0.15, -0.1) is 0 Å². The number of guanidine groups is 1. The number of hydrogen-bond acceptors (Lipinski definition) is 4. The summed E-state index contributed by atoms with van der Waals surface area (Å²) >= 11 is 0. The van der Waals surface area contributed by atoms with Crippen LogP contribution in [0.15, 0.2) is 53.5 Å². The molecular formula is C18H21N3O3. The highest BCUT2D eigenvalue weighted by molar-refractivity contribution is 5.92. The number of rotatable bonds is 4. The van der Waals surface area contributed by atoms with Gasteiger partial charge in [0.2, 0.25) is 0 Å². The third-order valence-corrected chi connectivity index (χ3v) is 3.64. The van der Waals surface area contributed by atoms with Gasteiger partial charge < -0.3 is 25.6 Å². The number of ether oxygens (including phenoxy) is 2. The fourth-order valence-electron chi connectivity index (χ4n) is 2.39. The largest absolute Gasteiger partial charge is 0.490 e. The van der Waals surface area contributed by atoms with Gasteiger partial charge in [-0.2, -0.15) is 0 Å². The molecule has 2 aromatic carbocycles. The molecule has 0 saturated heterocycles. The molecule has 6 heteroatoms. The summed E-state index contributed by atoms with van der Waals surface area (Å²) in [6.45, 7) is 1.47. The van der Waals surface area contributed by atoms with Crippen LogP contribution in [0.4, 0.5) is 5.69 Å². The highest BCUT2D eigenvalue weighted by Crippen LogP contribution is 2.32. The van der Waals surface area contributed by atoms with Crippen LogP contribution in [0.25, 0.3) is 0 Å². The second-order valence-corrected chi connectivity index (χ2v) is 5.49. The highest BCUT2D eigenvalue weighted by atomic mass is 16.5.